The molecule has 0 aromatic heterocycles. The van der Waals surface area contributed by atoms with E-state index in [2.05, 4.69) is 20.8 Å². The summed E-state index contributed by atoms with van der Waals surface area (Å²) in [5.41, 5.74) is 0. The van der Waals surface area contributed by atoms with Gasteiger partial charge in [0.25, 0.3) is 0 Å². The molecule has 140 valence electrons. The minimum atomic E-state index is -0.959. The van der Waals surface area contributed by atoms with Crippen LogP contribution in [0, 0.1) is 0 Å². The molecule has 0 bridgehead atoms. The second kappa shape index (κ2) is 18.4. The average Bonchev–Trinajstić information content (AvgIpc) is 2.56. The summed E-state index contributed by atoms with van der Waals surface area (Å²) >= 11 is -0.476. The van der Waals surface area contributed by atoms with E-state index in [0.717, 1.165) is 3.43 Å². The molecule has 0 unspecified atom stereocenters. The zero-order valence-electron chi connectivity index (χ0n) is 16.9. The van der Waals surface area contributed by atoms with Crippen molar-refractivity contribution in [3.8, 4) is 0 Å². The molecule has 3 heteroatoms. The van der Waals surface area contributed by atoms with Crippen molar-refractivity contribution < 1.29 is 1.41 Å². The van der Waals surface area contributed by atoms with Crippen LogP contribution in [-0.4, -0.2) is 44.5 Å². The standard InChI is InChI=1S/C20H41.O.2Sn.5H/c1-4-7-10-11-12-13-14-15-16-19-20(17-8-5-2)18-9-6-3;;;;;;;;/h4-19H2,1-3H3;;;;;;;;. The van der Waals surface area contributed by atoms with E-state index >= 15 is 0 Å². The summed E-state index contributed by atoms with van der Waals surface area (Å²) in [6, 6.07) is 0. The number of hydrogen-bond acceptors (Lipinski definition) is 1. The van der Waals surface area contributed by atoms with Crippen molar-refractivity contribution >= 4 is 44.5 Å². The van der Waals surface area contributed by atoms with E-state index in [0.29, 0.717) is 22.9 Å². The Kier molecular flexibility index (Phi) is 19.6. The molecule has 0 aliphatic heterocycles. The molecule has 0 aliphatic rings. The van der Waals surface area contributed by atoms with Crippen LogP contribution in [0.1, 0.15) is 124 Å². The van der Waals surface area contributed by atoms with Gasteiger partial charge < -0.3 is 0 Å². The molecule has 0 fully saturated rings. The van der Waals surface area contributed by atoms with Gasteiger partial charge in [-0.1, -0.05) is 0 Å². The molecule has 0 saturated heterocycles. The van der Waals surface area contributed by atoms with Crippen molar-refractivity contribution in [2.24, 2.45) is 0 Å². The fourth-order valence-electron chi connectivity index (χ4n) is 3.81. The Morgan fingerprint density at radius 3 is 1.43 bits per heavy atom. The Hall–Kier alpha value is 1.56. The van der Waals surface area contributed by atoms with Crippen LogP contribution in [-0.2, 0) is 1.41 Å². The van der Waals surface area contributed by atoms with E-state index in [9.17, 15) is 0 Å². The molecular formula is C20H46OSn2. The van der Waals surface area contributed by atoms with Crippen molar-refractivity contribution in [2.75, 3.05) is 0 Å². The first-order valence-electron chi connectivity index (χ1n) is 10.7. The Morgan fingerprint density at radius 1 is 0.609 bits per heavy atom. The zero-order valence-corrected chi connectivity index (χ0v) is 26.7. The summed E-state index contributed by atoms with van der Waals surface area (Å²) in [7, 11) is 0. The fourth-order valence-corrected chi connectivity index (χ4v) is 20.7. The predicted molar refractivity (Wildman–Crippen MR) is 113 cm³/mol. The number of hydrogen-bond donors (Lipinski definition) is 0. The molecule has 0 N–H and O–H groups in total. The van der Waals surface area contributed by atoms with E-state index in [4.69, 9.17) is 1.41 Å². The Morgan fingerprint density at radius 2 is 1.00 bits per heavy atom. The third-order valence-electron chi connectivity index (χ3n) is 5.38. The third kappa shape index (κ3) is 14.4. The first-order valence-corrected chi connectivity index (χ1v) is 16.7. The summed E-state index contributed by atoms with van der Waals surface area (Å²) in [5, 5.41) is 0. The Labute approximate surface area is 171 Å². The monoisotopic (exact) mass is 542 g/mol. The minimum absolute atomic E-state index is 0.483. The number of unbranched alkanes of at least 4 members (excludes halogenated alkanes) is 10. The SMILES string of the molecule is CCCCCCCCCCC[C](CCCC)(CCCC)[SnH2][O][SnH3]. The Balaban J connectivity index is 3.96. The normalized spacial score (nSPS) is 12.7. The molecule has 0 amide bonds. The molecule has 0 aromatic carbocycles. The first-order chi connectivity index (χ1) is 11.2. The molecule has 0 spiro atoms. The van der Waals surface area contributed by atoms with Gasteiger partial charge in [-0.15, -0.1) is 0 Å². The van der Waals surface area contributed by atoms with Crippen LogP contribution in [0.4, 0.5) is 0 Å². The molecule has 1 nitrogen and oxygen atoms in total. The topological polar surface area (TPSA) is 9.23 Å². The van der Waals surface area contributed by atoms with E-state index in [1.165, 1.54) is 103 Å². The van der Waals surface area contributed by atoms with Gasteiger partial charge >= 0.3 is 173 Å². The molecule has 0 aliphatic carbocycles. The van der Waals surface area contributed by atoms with Gasteiger partial charge in [0.15, 0.2) is 0 Å². The van der Waals surface area contributed by atoms with Gasteiger partial charge in [0, 0.05) is 0 Å². The summed E-state index contributed by atoms with van der Waals surface area (Å²) < 4.78 is 6.79. The van der Waals surface area contributed by atoms with Gasteiger partial charge in [-0.05, 0) is 0 Å². The summed E-state index contributed by atoms with van der Waals surface area (Å²) in [4.78, 5) is 0. The van der Waals surface area contributed by atoms with Crippen LogP contribution in [0.2, 0.25) is 3.43 Å². The predicted octanol–water partition coefficient (Wildman–Crippen LogP) is 5.83. The molecule has 0 aromatic rings. The van der Waals surface area contributed by atoms with Gasteiger partial charge in [0.2, 0.25) is 0 Å². The number of rotatable bonds is 18. The summed E-state index contributed by atoms with van der Waals surface area (Å²) in [6.45, 7) is 7.01. The average molecular weight is 540 g/mol. The van der Waals surface area contributed by atoms with Crippen molar-refractivity contribution in [3.05, 3.63) is 0 Å². The molecule has 0 heterocycles. The summed E-state index contributed by atoms with van der Waals surface area (Å²) in [6.07, 6.45) is 23.2. The van der Waals surface area contributed by atoms with Crippen molar-refractivity contribution in [2.45, 2.75) is 127 Å². The van der Waals surface area contributed by atoms with Crippen LogP contribution < -0.4 is 0 Å². The van der Waals surface area contributed by atoms with E-state index in [1.54, 1.807) is 0 Å². The second-order valence-corrected chi connectivity index (χ2v) is 25.5. The van der Waals surface area contributed by atoms with Crippen LogP contribution in [0.25, 0.3) is 0 Å². The van der Waals surface area contributed by atoms with E-state index in [-0.39, 0.29) is 0 Å². The maximum atomic E-state index is 6.05. The van der Waals surface area contributed by atoms with Crippen molar-refractivity contribution in [1.82, 2.24) is 0 Å². The van der Waals surface area contributed by atoms with Gasteiger partial charge in [-0.3, -0.25) is 0 Å². The second-order valence-electron chi connectivity index (χ2n) is 7.72. The van der Waals surface area contributed by atoms with Crippen LogP contribution >= 0.6 is 0 Å². The van der Waals surface area contributed by atoms with Gasteiger partial charge in [0.05, 0.1) is 0 Å². The van der Waals surface area contributed by atoms with Gasteiger partial charge in [-0.25, -0.2) is 0 Å². The van der Waals surface area contributed by atoms with Gasteiger partial charge in [-0.2, -0.15) is 0 Å². The molecule has 0 radical (unpaired) electrons. The van der Waals surface area contributed by atoms with Crippen LogP contribution in [0.15, 0.2) is 0 Å². The van der Waals surface area contributed by atoms with E-state index in [1.807, 2.05) is 0 Å². The maximum absolute atomic E-state index is 6.05. The first kappa shape index (κ1) is 24.6. The molecule has 0 saturated carbocycles. The van der Waals surface area contributed by atoms with Crippen LogP contribution in [0.5, 0.6) is 0 Å². The molecule has 0 rings (SSSR count). The third-order valence-corrected chi connectivity index (χ3v) is 16.5. The van der Waals surface area contributed by atoms with E-state index < -0.39 is 21.6 Å². The molecule has 0 atom stereocenters. The van der Waals surface area contributed by atoms with Crippen molar-refractivity contribution in [1.29, 1.82) is 0 Å². The van der Waals surface area contributed by atoms with Crippen molar-refractivity contribution in [3.63, 3.8) is 0 Å². The van der Waals surface area contributed by atoms with Gasteiger partial charge in [0.1, 0.15) is 0 Å². The van der Waals surface area contributed by atoms with Crippen LogP contribution in [0.3, 0.4) is 0 Å². The fraction of sp³-hybridized carbons (Fsp3) is 1.00. The molecular weight excluding hydrogens is 494 g/mol. The zero-order chi connectivity index (χ0) is 17.2. The Bertz CT molecular complexity index is 226. The molecule has 23 heavy (non-hydrogen) atoms. The summed E-state index contributed by atoms with van der Waals surface area (Å²) in [5.74, 6) is 0. The quantitative estimate of drug-likeness (QED) is 0.157.